The fourth-order valence-corrected chi connectivity index (χ4v) is 1.68. The lowest BCUT2D eigenvalue weighted by atomic mass is 10.0. The van der Waals surface area contributed by atoms with Crippen molar-refractivity contribution in [2.24, 2.45) is 0 Å². The average Bonchev–Trinajstić information content (AvgIpc) is 2.38. The highest BCUT2D eigenvalue weighted by atomic mass is 16.3. The SMILES string of the molecule is Nc1ccc(NCCO)c(-c2ccncc2)c1. The molecule has 0 unspecified atom stereocenters. The molecule has 0 fully saturated rings. The van der Waals surface area contributed by atoms with Crippen molar-refractivity contribution in [3.05, 3.63) is 42.7 Å². The smallest absolute Gasteiger partial charge is 0.0604 e. The highest BCUT2D eigenvalue weighted by Gasteiger charge is 2.04. The molecule has 1 aromatic carbocycles. The van der Waals surface area contributed by atoms with E-state index in [9.17, 15) is 0 Å². The first-order chi connectivity index (χ1) is 8.31. The van der Waals surface area contributed by atoms with Crippen molar-refractivity contribution in [2.75, 3.05) is 24.2 Å². The van der Waals surface area contributed by atoms with Crippen molar-refractivity contribution < 1.29 is 5.11 Å². The molecule has 0 saturated carbocycles. The van der Waals surface area contributed by atoms with Gasteiger partial charge in [0, 0.05) is 35.9 Å². The fraction of sp³-hybridized carbons (Fsp3) is 0.154. The number of nitrogens with two attached hydrogens (primary N) is 1. The van der Waals surface area contributed by atoms with Crippen LogP contribution in [0.5, 0.6) is 0 Å². The summed E-state index contributed by atoms with van der Waals surface area (Å²) >= 11 is 0. The van der Waals surface area contributed by atoms with Crippen molar-refractivity contribution in [1.82, 2.24) is 4.98 Å². The number of pyridine rings is 1. The lowest BCUT2D eigenvalue weighted by Crippen LogP contribution is -2.06. The van der Waals surface area contributed by atoms with Gasteiger partial charge >= 0.3 is 0 Å². The number of aliphatic hydroxyl groups is 1. The Balaban J connectivity index is 2.40. The standard InChI is InChI=1S/C13H15N3O/c14-11-1-2-13(16-7-8-17)12(9-11)10-3-5-15-6-4-10/h1-6,9,16-17H,7-8,14H2. The number of nitrogen functional groups attached to an aromatic ring is 1. The van der Waals surface area contributed by atoms with Crippen molar-refractivity contribution >= 4 is 11.4 Å². The molecule has 4 heteroatoms. The number of benzene rings is 1. The number of hydrogen-bond donors (Lipinski definition) is 3. The third kappa shape index (κ3) is 2.73. The molecule has 0 aliphatic rings. The minimum Gasteiger partial charge on any atom is -0.399 e. The second kappa shape index (κ2) is 5.32. The van der Waals surface area contributed by atoms with Gasteiger partial charge in [0.25, 0.3) is 0 Å². The molecule has 0 spiro atoms. The van der Waals surface area contributed by atoms with E-state index >= 15 is 0 Å². The number of rotatable bonds is 4. The van der Waals surface area contributed by atoms with E-state index in [0.29, 0.717) is 12.2 Å². The van der Waals surface area contributed by atoms with Gasteiger partial charge in [-0.2, -0.15) is 0 Å². The molecule has 2 rings (SSSR count). The predicted octanol–water partition coefficient (Wildman–Crippen LogP) is 1.73. The molecular weight excluding hydrogens is 214 g/mol. The topological polar surface area (TPSA) is 71.2 Å². The molecule has 4 nitrogen and oxygen atoms in total. The summed E-state index contributed by atoms with van der Waals surface area (Å²) in [6, 6.07) is 9.53. The molecule has 0 aliphatic heterocycles. The van der Waals surface area contributed by atoms with E-state index in [-0.39, 0.29) is 6.61 Å². The first-order valence-corrected chi connectivity index (χ1v) is 5.46. The molecule has 0 atom stereocenters. The molecule has 1 aromatic heterocycles. The Bertz CT molecular complexity index is 485. The van der Waals surface area contributed by atoms with Crippen LogP contribution in [0.2, 0.25) is 0 Å². The van der Waals surface area contributed by atoms with Crippen LogP contribution in [0.15, 0.2) is 42.7 Å². The highest BCUT2D eigenvalue weighted by Crippen LogP contribution is 2.29. The minimum atomic E-state index is 0.0974. The molecule has 0 bridgehead atoms. The zero-order valence-electron chi connectivity index (χ0n) is 9.43. The number of nitrogens with one attached hydrogen (secondary N) is 1. The Morgan fingerprint density at radius 1 is 1.18 bits per heavy atom. The summed E-state index contributed by atoms with van der Waals surface area (Å²) in [5, 5.41) is 12.0. The second-order valence-electron chi connectivity index (χ2n) is 3.69. The van der Waals surface area contributed by atoms with E-state index in [0.717, 1.165) is 16.8 Å². The van der Waals surface area contributed by atoms with Gasteiger partial charge in [-0.3, -0.25) is 4.98 Å². The minimum absolute atomic E-state index is 0.0974. The van der Waals surface area contributed by atoms with Crippen LogP contribution in [-0.4, -0.2) is 23.2 Å². The van der Waals surface area contributed by atoms with Crippen molar-refractivity contribution in [3.8, 4) is 11.1 Å². The van der Waals surface area contributed by atoms with Crippen LogP contribution in [0.3, 0.4) is 0 Å². The lowest BCUT2D eigenvalue weighted by Gasteiger charge is -2.12. The maximum Gasteiger partial charge on any atom is 0.0604 e. The van der Waals surface area contributed by atoms with Crippen LogP contribution >= 0.6 is 0 Å². The Hall–Kier alpha value is -2.07. The van der Waals surface area contributed by atoms with Gasteiger partial charge in [0.1, 0.15) is 0 Å². The van der Waals surface area contributed by atoms with Gasteiger partial charge < -0.3 is 16.2 Å². The second-order valence-corrected chi connectivity index (χ2v) is 3.69. The van der Waals surface area contributed by atoms with Gasteiger partial charge in [-0.05, 0) is 35.9 Å². The Kier molecular flexibility index (Phi) is 3.57. The summed E-state index contributed by atoms with van der Waals surface area (Å²) < 4.78 is 0. The van der Waals surface area contributed by atoms with Crippen molar-refractivity contribution in [3.63, 3.8) is 0 Å². The number of nitrogens with zero attached hydrogens (tertiary/aromatic N) is 1. The molecule has 4 N–H and O–H groups in total. The molecule has 1 heterocycles. The summed E-state index contributed by atoms with van der Waals surface area (Å²) in [4.78, 5) is 3.99. The maximum absolute atomic E-state index is 8.85. The van der Waals surface area contributed by atoms with Crippen LogP contribution in [-0.2, 0) is 0 Å². The molecule has 17 heavy (non-hydrogen) atoms. The Labute approximate surface area is 100 Å². The monoisotopic (exact) mass is 229 g/mol. The number of aromatic nitrogens is 1. The normalized spacial score (nSPS) is 10.2. The van der Waals surface area contributed by atoms with Crippen molar-refractivity contribution in [2.45, 2.75) is 0 Å². The van der Waals surface area contributed by atoms with Gasteiger partial charge in [-0.1, -0.05) is 0 Å². The van der Waals surface area contributed by atoms with Crippen LogP contribution in [0.4, 0.5) is 11.4 Å². The quantitative estimate of drug-likeness (QED) is 0.698. The van der Waals surface area contributed by atoms with Crippen LogP contribution in [0, 0.1) is 0 Å². The largest absolute Gasteiger partial charge is 0.399 e. The van der Waals surface area contributed by atoms with Crippen LogP contribution < -0.4 is 11.1 Å². The molecule has 2 aromatic rings. The van der Waals surface area contributed by atoms with Crippen LogP contribution in [0.1, 0.15) is 0 Å². The van der Waals surface area contributed by atoms with E-state index in [4.69, 9.17) is 10.8 Å². The maximum atomic E-state index is 8.85. The average molecular weight is 229 g/mol. The lowest BCUT2D eigenvalue weighted by molar-refractivity contribution is 0.311. The Morgan fingerprint density at radius 2 is 1.94 bits per heavy atom. The number of anilines is 2. The van der Waals surface area contributed by atoms with Crippen LogP contribution in [0.25, 0.3) is 11.1 Å². The first kappa shape index (κ1) is 11.4. The van der Waals surface area contributed by atoms with Gasteiger partial charge in [0.05, 0.1) is 6.61 Å². The van der Waals surface area contributed by atoms with E-state index in [1.807, 2.05) is 30.3 Å². The molecule has 0 radical (unpaired) electrons. The number of aliphatic hydroxyl groups excluding tert-OH is 1. The van der Waals surface area contributed by atoms with Gasteiger partial charge in [0.15, 0.2) is 0 Å². The van der Waals surface area contributed by atoms with E-state index in [2.05, 4.69) is 10.3 Å². The highest BCUT2D eigenvalue weighted by molar-refractivity contribution is 5.80. The summed E-state index contributed by atoms with van der Waals surface area (Å²) in [7, 11) is 0. The third-order valence-electron chi connectivity index (χ3n) is 2.46. The Morgan fingerprint density at radius 3 is 2.65 bits per heavy atom. The molecule has 0 aliphatic carbocycles. The zero-order valence-corrected chi connectivity index (χ0v) is 9.43. The fourth-order valence-electron chi connectivity index (χ4n) is 1.68. The predicted molar refractivity (Wildman–Crippen MR) is 69.7 cm³/mol. The molecule has 0 saturated heterocycles. The third-order valence-corrected chi connectivity index (χ3v) is 2.46. The van der Waals surface area contributed by atoms with Gasteiger partial charge in [-0.25, -0.2) is 0 Å². The van der Waals surface area contributed by atoms with Crippen molar-refractivity contribution in [1.29, 1.82) is 0 Å². The summed E-state index contributed by atoms with van der Waals surface area (Å²) in [6.45, 7) is 0.613. The first-order valence-electron chi connectivity index (χ1n) is 5.46. The zero-order chi connectivity index (χ0) is 12.1. The molecule has 0 amide bonds. The number of hydrogen-bond acceptors (Lipinski definition) is 4. The summed E-state index contributed by atoms with van der Waals surface area (Å²) in [5.41, 5.74) is 9.54. The van der Waals surface area contributed by atoms with E-state index in [1.54, 1.807) is 12.4 Å². The van der Waals surface area contributed by atoms with Gasteiger partial charge in [-0.15, -0.1) is 0 Å². The van der Waals surface area contributed by atoms with Gasteiger partial charge in [0.2, 0.25) is 0 Å². The molecular formula is C13H15N3O. The summed E-state index contributed by atoms with van der Waals surface area (Å²) in [5.74, 6) is 0. The van der Waals surface area contributed by atoms with E-state index in [1.165, 1.54) is 0 Å². The van der Waals surface area contributed by atoms with E-state index < -0.39 is 0 Å². The molecule has 88 valence electrons. The summed E-state index contributed by atoms with van der Waals surface area (Å²) in [6.07, 6.45) is 3.49.